The molecule has 0 radical (unpaired) electrons. The van der Waals surface area contributed by atoms with Crippen LogP contribution in [0.25, 0.3) is 17.5 Å². The SMILES string of the molecule is COc1cc(/C=C2\SC(N(C)c3nnc(-c4ccccc4)o3)=NC2=O)ccc1OCc1ccc(C(F)(F)F)cc1C(F)(F)F. The Bertz CT molecular complexity index is 1750. The highest BCUT2D eigenvalue weighted by atomic mass is 32.2. The number of carbonyl (C=O) groups is 1. The van der Waals surface area contributed by atoms with Crippen LogP contribution >= 0.6 is 11.8 Å². The highest BCUT2D eigenvalue weighted by Crippen LogP contribution is 2.39. The van der Waals surface area contributed by atoms with Gasteiger partial charge >= 0.3 is 18.4 Å². The van der Waals surface area contributed by atoms with E-state index in [-0.39, 0.29) is 33.7 Å². The van der Waals surface area contributed by atoms with E-state index in [1.807, 2.05) is 30.3 Å². The molecule has 0 bridgehead atoms. The van der Waals surface area contributed by atoms with Crippen molar-refractivity contribution < 1.29 is 45.0 Å². The molecule has 1 aromatic heterocycles. The van der Waals surface area contributed by atoms with Gasteiger partial charge in [0.1, 0.15) is 6.61 Å². The van der Waals surface area contributed by atoms with Crippen molar-refractivity contribution in [2.24, 2.45) is 4.99 Å². The molecule has 0 spiro atoms. The number of methoxy groups -OCH3 is 1. The van der Waals surface area contributed by atoms with Gasteiger partial charge in [-0.3, -0.25) is 9.69 Å². The molecule has 0 unspecified atom stereocenters. The normalized spacial score (nSPS) is 14.6. The molecule has 0 N–H and O–H groups in total. The molecular weight excluding hydrogens is 614 g/mol. The summed E-state index contributed by atoms with van der Waals surface area (Å²) >= 11 is 1.05. The lowest BCUT2D eigenvalue weighted by Gasteiger charge is -2.17. The third kappa shape index (κ3) is 6.72. The third-order valence-electron chi connectivity index (χ3n) is 6.23. The van der Waals surface area contributed by atoms with Gasteiger partial charge in [-0.15, -0.1) is 5.10 Å². The molecular formula is C29H20F6N4O4S. The average Bonchev–Trinajstić information content (AvgIpc) is 3.63. The predicted octanol–water partition coefficient (Wildman–Crippen LogP) is 7.47. The summed E-state index contributed by atoms with van der Waals surface area (Å²) in [5, 5.41) is 8.33. The summed E-state index contributed by atoms with van der Waals surface area (Å²) in [4.78, 5) is 18.4. The Morgan fingerprint density at radius 1 is 0.932 bits per heavy atom. The Balaban J connectivity index is 1.29. The molecule has 0 fully saturated rings. The number of alkyl halides is 6. The number of anilines is 1. The van der Waals surface area contributed by atoms with Crippen LogP contribution in [-0.4, -0.2) is 35.4 Å². The maximum Gasteiger partial charge on any atom is 0.416 e. The first-order valence-corrected chi connectivity index (χ1v) is 13.4. The molecule has 1 amide bonds. The summed E-state index contributed by atoms with van der Waals surface area (Å²) in [7, 11) is 2.92. The lowest BCUT2D eigenvalue weighted by Crippen LogP contribution is -2.22. The van der Waals surface area contributed by atoms with Gasteiger partial charge in [0, 0.05) is 18.2 Å². The van der Waals surface area contributed by atoms with Crippen LogP contribution < -0.4 is 14.4 Å². The molecule has 0 aliphatic carbocycles. The van der Waals surface area contributed by atoms with Gasteiger partial charge in [0.15, 0.2) is 16.7 Å². The standard InChI is InChI=1S/C29H20F6N4O4S/c1-39(26-38-37-25(43-26)17-6-4-3-5-7-17)27-36-24(40)23(44-27)13-16-8-11-21(22(12-16)41-2)42-15-18-9-10-19(28(30,31)32)14-20(18)29(33,34)35/h3-14H,15H2,1-2H3/b23-13-. The number of carbonyl (C=O) groups excluding carboxylic acids is 1. The van der Waals surface area contributed by atoms with E-state index in [0.29, 0.717) is 17.5 Å². The van der Waals surface area contributed by atoms with Crippen LogP contribution in [0.3, 0.4) is 0 Å². The largest absolute Gasteiger partial charge is 0.493 e. The summed E-state index contributed by atoms with van der Waals surface area (Å²) < 4.78 is 96.0. The van der Waals surface area contributed by atoms with E-state index < -0.39 is 41.6 Å². The van der Waals surface area contributed by atoms with Gasteiger partial charge < -0.3 is 13.9 Å². The van der Waals surface area contributed by atoms with Crippen molar-refractivity contribution in [3.05, 3.63) is 93.9 Å². The van der Waals surface area contributed by atoms with E-state index in [1.54, 1.807) is 7.05 Å². The Kier molecular flexibility index (Phi) is 8.41. The second kappa shape index (κ2) is 12.1. The van der Waals surface area contributed by atoms with Crippen molar-refractivity contribution in [3.8, 4) is 23.0 Å². The molecule has 0 saturated heterocycles. The second-order valence-corrected chi connectivity index (χ2v) is 10.2. The minimum atomic E-state index is -5.03. The van der Waals surface area contributed by atoms with E-state index >= 15 is 0 Å². The van der Waals surface area contributed by atoms with E-state index in [4.69, 9.17) is 13.9 Å². The number of thioether (sulfide) groups is 1. The monoisotopic (exact) mass is 634 g/mol. The predicted molar refractivity (Wildman–Crippen MR) is 150 cm³/mol. The van der Waals surface area contributed by atoms with Gasteiger partial charge in [0.05, 0.1) is 23.1 Å². The quantitative estimate of drug-likeness (QED) is 0.153. The van der Waals surface area contributed by atoms with Gasteiger partial charge in [-0.05, 0) is 59.8 Å². The molecule has 5 rings (SSSR count). The number of amides is 1. The molecule has 0 atom stereocenters. The zero-order valence-corrected chi connectivity index (χ0v) is 23.5. The van der Waals surface area contributed by atoms with Crippen molar-refractivity contribution in [1.82, 2.24) is 10.2 Å². The Hall–Kier alpha value is -4.79. The van der Waals surface area contributed by atoms with Crippen LogP contribution in [0.1, 0.15) is 22.3 Å². The molecule has 0 saturated carbocycles. The lowest BCUT2D eigenvalue weighted by molar-refractivity contribution is -0.143. The number of amidine groups is 1. The highest BCUT2D eigenvalue weighted by Gasteiger charge is 2.38. The maximum atomic E-state index is 13.5. The van der Waals surface area contributed by atoms with Crippen LogP contribution in [0, 0.1) is 0 Å². The van der Waals surface area contributed by atoms with E-state index in [9.17, 15) is 31.1 Å². The molecule has 8 nitrogen and oxygen atoms in total. The lowest BCUT2D eigenvalue weighted by atomic mass is 10.0. The van der Waals surface area contributed by atoms with Crippen molar-refractivity contribution in [2.45, 2.75) is 19.0 Å². The number of hydrogen-bond donors (Lipinski definition) is 0. The fourth-order valence-electron chi connectivity index (χ4n) is 4.01. The molecule has 2 heterocycles. The van der Waals surface area contributed by atoms with E-state index in [0.717, 1.165) is 23.4 Å². The van der Waals surface area contributed by atoms with Crippen molar-refractivity contribution in [1.29, 1.82) is 0 Å². The summed E-state index contributed by atoms with van der Waals surface area (Å²) in [5.41, 5.74) is -2.16. The molecule has 1 aliphatic heterocycles. The maximum absolute atomic E-state index is 13.5. The molecule has 44 heavy (non-hydrogen) atoms. The first-order valence-electron chi connectivity index (χ1n) is 12.6. The number of aromatic nitrogens is 2. The minimum absolute atomic E-state index is 0.0374. The number of benzene rings is 3. The summed E-state index contributed by atoms with van der Waals surface area (Å²) in [5.74, 6) is -0.0791. The fourth-order valence-corrected chi connectivity index (χ4v) is 4.88. The molecule has 1 aliphatic rings. The number of halogens is 6. The highest BCUT2D eigenvalue weighted by molar-refractivity contribution is 8.18. The van der Waals surface area contributed by atoms with Gasteiger partial charge in [0.25, 0.3) is 5.91 Å². The van der Waals surface area contributed by atoms with Crippen molar-refractivity contribution in [2.75, 3.05) is 19.1 Å². The summed E-state index contributed by atoms with van der Waals surface area (Å²) in [6.45, 7) is -0.677. The zero-order chi connectivity index (χ0) is 31.6. The van der Waals surface area contributed by atoms with Crippen LogP contribution in [0.2, 0.25) is 0 Å². The third-order valence-corrected chi connectivity index (χ3v) is 7.29. The van der Waals surface area contributed by atoms with Gasteiger partial charge in [-0.2, -0.15) is 31.3 Å². The fraction of sp³-hybridized carbons (Fsp3) is 0.172. The number of hydrogen-bond acceptors (Lipinski definition) is 8. The number of aliphatic imine (C=N–C) groups is 1. The molecule has 4 aromatic rings. The topological polar surface area (TPSA) is 90.0 Å². The minimum Gasteiger partial charge on any atom is -0.493 e. The van der Waals surface area contributed by atoms with Crippen LogP contribution in [-0.2, 0) is 23.8 Å². The van der Waals surface area contributed by atoms with Gasteiger partial charge in [-0.1, -0.05) is 35.4 Å². The second-order valence-electron chi connectivity index (χ2n) is 9.19. The number of ether oxygens (including phenoxy) is 2. The summed E-state index contributed by atoms with van der Waals surface area (Å²) in [6.07, 6.45) is -8.44. The number of nitrogens with zero attached hydrogens (tertiary/aromatic N) is 4. The molecule has 15 heteroatoms. The Labute approximate surface area is 250 Å². The van der Waals surface area contributed by atoms with E-state index in [1.165, 1.54) is 36.3 Å². The van der Waals surface area contributed by atoms with Crippen LogP contribution in [0.5, 0.6) is 11.5 Å². The Morgan fingerprint density at radius 2 is 1.68 bits per heavy atom. The van der Waals surface area contributed by atoms with E-state index in [2.05, 4.69) is 15.2 Å². The van der Waals surface area contributed by atoms with Gasteiger partial charge in [-0.25, -0.2) is 0 Å². The van der Waals surface area contributed by atoms with Crippen LogP contribution in [0.15, 0.2) is 81.0 Å². The van der Waals surface area contributed by atoms with Crippen LogP contribution in [0.4, 0.5) is 32.4 Å². The summed E-state index contributed by atoms with van der Waals surface area (Å²) in [6, 6.07) is 15.0. The Morgan fingerprint density at radius 3 is 2.36 bits per heavy atom. The first-order chi connectivity index (χ1) is 20.8. The van der Waals surface area contributed by atoms with Crippen molar-refractivity contribution >= 4 is 34.9 Å². The zero-order valence-electron chi connectivity index (χ0n) is 22.7. The number of rotatable bonds is 7. The molecule has 228 valence electrons. The first kappa shape index (κ1) is 30.7. The average molecular weight is 635 g/mol. The molecule has 3 aromatic carbocycles. The van der Waals surface area contributed by atoms with Gasteiger partial charge in [0.2, 0.25) is 5.89 Å². The van der Waals surface area contributed by atoms with Crippen molar-refractivity contribution in [3.63, 3.8) is 0 Å². The smallest absolute Gasteiger partial charge is 0.416 e.